The average Bonchev–Trinajstić information content (AvgIpc) is 2.73. The van der Waals surface area contributed by atoms with Gasteiger partial charge in [-0.3, -0.25) is 14.4 Å². The highest BCUT2D eigenvalue weighted by atomic mass is 16.3. The van der Waals surface area contributed by atoms with Gasteiger partial charge in [0.05, 0.1) is 24.1 Å². The van der Waals surface area contributed by atoms with E-state index >= 15 is 0 Å². The van der Waals surface area contributed by atoms with Crippen LogP contribution < -0.4 is 21.7 Å². The third kappa shape index (κ3) is 11.2. The van der Waals surface area contributed by atoms with E-state index in [2.05, 4.69) is 16.0 Å². The van der Waals surface area contributed by atoms with Crippen molar-refractivity contribution in [2.24, 2.45) is 23.0 Å². The molecule has 1 aromatic rings. The molecule has 0 bridgehead atoms. The molecule has 0 aromatic heterocycles. The van der Waals surface area contributed by atoms with Crippen LogP contribution in [0.2, 0.25) is 0 Å². The third-order valence-electron chi connectivity index (χ3n) is 5.86. The van der Waals surface area contributed by atoms with E-state index < -0.39 is 35.1 Å². The molecule has 0 saturated heterocycles. The van der Waals surface area contributed by atoms with Crippen molar-refractivity contribution in [1.82, 2.24) is 16.0 Å². The summed E-state index contributed by atoms with van der Waals surface area (Å²) < 4.78 is 0. The van der Waals surface area contributed by atoms with Gasteiger partial charge in [-0.05, 0) is 44.1 Å². The molecule has 1 aromatic carbocycles. The Balaban J connectivity index is 2.93. The summed E-state index contributed by atoms with van der Waals surface area (Å²) in [6, 6.07) is 8.14. The zero-order valence-electron chi connectivity index (χ0n) is 22.6. The normalized spacial score (nSPS) is 15.6. The number of nitrogens with two attached hydrogens (primary N) is 1. The molecule has 1 rings (SSSR count). The summed E-state index contributed by atoms with van der Waals surface area (Å²) >= 11 is 0. The Labute approximate surface area is 210 Å². The third-order valence-corrected chi connectivity index (χ3v) is 5.86. The second-order valence-corrected chi connectivity index (χ2v) is 11.8. The van der Waals surface area contributed by atoms with Crippen LogP contribution in [0.25, 0.3) is 0 Å². The van der Waals surface area contributed by atoms with Crippen LogP contribution in [0.1, 0.15) is 67.4 Å². The van der Waals surface area contributed by atoms with Gasteiger partial charge in [-0.1, -0.05) is 65.0 Å². The number of aliphatic hydroxyl groups excluding tert-OH is 1. The molecule has 0 aliphatic rings. The van der Waals surface area contributed by atoms with Gasteiger partial charge in [0.15, 0.2) is 0 Å². The molecule has 3 amide bonds. The van der Waals surface area contributed by atoms with E-state index in [1.165, 1.54) is 0 Å². The van der Waals surface area contributed by atoms with E-state index in [-0.39, 0.29) is 36.6 Å². The summed E-state index contributed by atoms with van der Waals surface area (Å²) in [7, 11) is 0. The Bertz CT molecular complexity index is 828. The monoisotopic (exact) mass is 490 g/mol. The van der Waals surface area contributed by atoms with Crippen molar-refractivity contribution in [3.05, 3.63) is 35.9 Å². The van der Waals surface area contributed by atoms with Gasteiger partial charge >= 0.3 is 0 Å². The number of nitrogens with one attached hydrogen (secondary N) is 3. The van der Waals surface area contributed by atoms with Crippen molar-refractivity contribution < 1.29 is 19.5 Å². The molecule has 0 heterocycles. The van der Waals surface area contributed by atoms with Crippen molar-refractivity contribution in [2.45, 2.75) is 92.0 Å². The molecule has 198 valence electrons. The van der Waals surface area contributed by atoms with Gasteiger partial charge in [-0.2, -0.15) is 0 Å². The van der Waals surface area contributed by atoms with Gasteiger partial charge in [0.25, 0.3) is 0 Å². The highest BCUT2D eigenvalue weighted by Crippen LogP contribution is 2.29. The van der Waals surface area contributed by atoms with E-state index in [0.29, 0.717) is 6.42 Å². The van der Waals surface area contributed by atoms with Gasteiger partial charge < -0.3 is 26.8 Å². The molecule has 0 fully saturated rings. The van der Waals surface area contributed by atoms with Crippen molar-refractivity contribution in [2.75, 3.05) is 6.54 Å². The largest absolute Gasteiger partial charge is 0.389 e. The summed E-state index contributed by atoms with van der Waals surface area (Å²) in [5, 5.41) is 19.5. The van der Waals surface area contributed by atoms with Crippen LogP contribution in [0.4, 0.5) is 0 Å². The van der Waals surface area contributed by atoms with Crippen molar-refractivity contribution in [3.63, 3.8) is 0 Å². The Morgan fingerprint density at radius 1 is 0.971 bits per heavy atom. The Hall–Kier alpha value is -2.45. The van der Waals surface area contributed by atoms with Crippen molar-refractivity contribution in [1.29, 1.82) is 0 Å². The van der Waals surface area contributed by atoms with Crippen LogP contribution in [0, 0.1) is 17.3 Å². The van der Waals surface area contributed by atoms with E-state index in [1.807, 2.05) is 85.7 Å². The quantitative estimate of drug-likeness (QED) is 0.324. The predicted octanol–water partition coefficient (Wildman–Crippen LogP) is 2.14. The fourth-order valence-electron chi connectivity index (χ4n) is 3.65. The second kappa shape index (κ2) is 13.0. The SMILES string of the molecule is CC(C)[C@H](N)C(=O)N[C@@H](Cc1ccccc1)[C@H](O)CNC(=O)[C@@H](CC(=O)NC(C)(C)C)C(C)(C)C. The Kier molecular flexibility index (Phi) is 11.4. The Morgan fingerprint density at radius 2 is 1.54 bits per heavy atom. The maximum Gasteiger partial charge on any atom is 0.237 e. The fraction of sp³-hybridized carbons (Fsp3) is 0.667. The lowest BCUT2D eigenvalue weighted by atomic mass is 9.77. The van der Waals surface area contributed by atoms with Crippen LogP contribution in [-0.2, 0) is 20.8 Å². The second-order valence-electron chi connectivity index (χ2n) is 11.8. The molecule has 0 aliphatic carbocycles. The maximum absolute atomic E-state index is 13.1. The topological polar surface area (TPSA) is 134 Å². The molecule has 0 spiro atoms. The van der Waals surface area contributed by atoms with Crippen molar-refractivity contribution >= 4 is 17.7 Å². The summed E-state index contributed by atoms with van der Waals surface area (Å²) in [6.07, 6.45) is -0.632. The van der Waals surface area contributed by atoms with Crippen LogP contribution in [0.5, 0.6) is 0 Å². The average molecular weight is 491 g/mol. The molecule has 0 aliphatic heterocycles. The first-order chi connectivity index (χ1) is 16.0. The highest BCUT2D eigenvalue weighted by Gasteiger charge is 2.35. The van der Waals surface area contributed by atoms with E-state index in [4.69, 9.17) is 5.73 Å². The summed E-state index contributed by atoms with van der Waals surface area (Å²) in [5.41, 5.74) is 6.07. The van der Waals surface area contributed by atoms with Gasteiger partial charge in [0.2, 0.25) is 17.7 Å². The molecule has 6 N–H and O–H groups in total. The van der Waals surface area contributed by atoms with E-state index in [0.717, 1.165) is 5.56 Å². The zero-order chi connectivity index (χ0) is 27.0. The van der Waals surface area contributed by atoms with E-state index in [1.54, 1.807) is 0 Å². The molecule has 0 radical (unpaired) electrons. The van der Waals surface area contributed by atoms with Gasteiger partial charge in [-0.15, -0.1) is 0 Å². The standard InChI is InChI=1S/C27H46N4O4/c1-17(2)23(28)25(35)30-20(14-18-12-10-9-11-13-18)21(32)16-29-24(34)19(26(3,4)5)15-22(33)31-27(6,7)8/h9-13,17,19-21,23,32H,14-16,28H2,1-8H3,(H,29,34)(H,30,35)(H,31,33)/t19-,20+,21-,23+/m1/s1. The lowest BCUT2D eigenvalue weighted by Gasteiger charge is -2.32. The van der Waals surface area contributed by atoms with Gasteiger partial charge in [-0.25, -0.2) is 0 Å². The summed E-state index contributed by atoms with van der Waals surface area (Å²) in [6.45, 7) is 15.0. The number of rotatable bonds is 11. The molecule has 8 heteroatoms. The van der Waals surface area contributed by atoms with Crippen LogP contribution in [0.3, 0.4) is 0 Å². The number of carbonyl (C=O) groups is 3. The number of hydrogen-bond acceptors (Lipinski definition) is 5. The van der Waals surface area contributed by atoms with Gasteiger partial charge in [0.1, 0.15) is 0 Å². The maximum atomic E-state index is 13.1. The lowest BCUT2D eigenvalue weighted by Crippen LogP contribution is -2.55. The molecule has 35 heavy (non-hydrogen) atoms. The molecule has 0 unspecified atom stereocenters. The smallest absolute Gasteiger partial charge is 0.237 e. The minimum atomic E-state index is -1.05. The van der Waals surface area contributed by atoms with Crippen LogP contribution in [-0.4, -0.2) is 53.1 Å². The summed E-state index contributed by atoms with van der Waals surface area (Å²) in [5.74, 6) is -1.52. The predicted molar refractivity (Wildman–Crippen MR) is 139 cm³/mol. The molecule has 4 atom stereocenters. The first kappa shape index (κ1) is 30.6. The molecule has 8 nitrogen and oxygen atoms in total. The molecular formula is C27H46N4O4. The Morgan fingerprint density at radius 3 is 2.03 bits per heavy atom. The first-order valence-corrected chi connectivity index (χ1v) is 12.4. The number of hydrogen-bond donors (Lipinski definition) is 5. The van der Waals surface area contributed by atoms with Gasteiger partial charge in [0, 0.05) is 18.5 Å². The van der Waals surface area contributed by atoms with E-state index in [9.17, 15) is 19.5 Å². The minimum absolute atomic E-state index is 0.0378. The number of aliphatic hydroxyl groups is 1. The number of benzene rings is 1. The summed E-state index contributed by atoms with van der Waals surface area (Å²) in [4.78, 5) is 38.2. The molecule has 0 saturated carbocycles. The van der Waals surface area contributed by atoms with Crippen LogP contribution in [0.15, 0.2) is 30.3 Å². The number of carbonyl (C=O) groups excluding carboxylic acids is 3. The first-order valence-electron chi connectivity index (χ1n) is 12.4. The lowest BCUT2D eigenvalue weighted by molar-refractivity contribution is -0.134. The number of amides is 3. The minimum Gasteiger partial charge on any atom is -0.389 e. The molecular weight excluding hydrogens is 444 g/mol. The van der Waals surface area contributed by atoms with Crippen LogP contribution >= 0.6 is 0 Å². The van der Waals surface area contributed by atoms with Crippen molar-refractivity contribution in [3.8, 4) is 0 Å². The zero-order valence-corrected chi connectivity index (χ0v) is 22.6. The highest BCUT2D eigenvalue weighted by molar-refractivity contribution is 5.86. The fourth-order valence-corrected chi connectivity index (χ4v) is 3.65.